The van der Waals surface area contributed by atoms with Gasteiger partial charge in [-0.25, -0.2) is 0 Å². The summed E-state index contributed by atoms with van der Waals surface area (Å²) in [7, 11) is 0. The highest BCUT2D eigenvalue weighted by atomic mass is 32.1. The number of rotatable bonds is 4. The molecule has 1 amide bonds. The highest BCUT2D eigenvalue weighted by Gasteiger charge is 2.26. The van der Waals surface area contributed by atoms with Gasteiger partial charge in [0.1, 0.15) is 0 Å². The largest absolute Gasteiger partial charge is 0.481 e. The van der Waals surface area contributed by atoms with Crippen molar-refractivity contribution in [1.29, 1.82) is 0 Å². The fraction of sp³-hybridized carbons (Fsp3) is 0.467. The zero-order chi connectivity index (χ0) is 14.5. The minimum Gasteiger partial charge on any atom is -0.481 e. The van der Waals surface area contributed by atoms with Crippen LogP contribution in [0.5, 0.6) is 0 Å². The summed E-state index contributed by atoms with van der Waals surface area (Å²) >= 11 is 1.65. The van der Waals surface area contributed by atoms with Gasteiger partial charge >= 0.3 is 5.97 Å². The normalized spacial score (nSPS) is 22.9. The maximum Gasteiger partial charge on any atom is 0.306 e. The van der Waals surface area contributed by atoms with Gasteiger partial charge in [-0.3, -0.25) is 9.59 Å². The van der Waals surface area contributed by atoms with Crippen LogP contribution in [0.25, 0.3) is 6.08 Å². The predicted octanol–water partition coefficient (Wildman–Crippen LogP) is 2.83. The van der Waals surface area contributed by atoms with E-state index in [9.17, 15) is 9.59 Å². The van der Waals surface area contributed by atoms with Crippen molar-refractivity contribution in [3.05, 3.63) is 28.0 Å². The van der Waals surface area contributed by atoms with E-state index in [-0.39, 0.29) is 17.9 Å². The van der Waals surface area contributed by atoms with Crippen molar-refractivity contribution >= 4 is 29.3 Å². The number of carboxylic acids is 1. The number of amides is 1. The molecule has 1 fully saturated rings. The Morgan fingerprint density at radius 3 is 2.55 bits per heavy atom. The first-order valence-corrected chi connectivity index (χ1v) is 7.64. The molecule has 1 aromatic rings. The van der Waals surface area contributed by atoms with Crippen LogP contribution >= 0.6 is 11.3 Å². The molecule has 0 radical (unpaired) electrons. The third-order valence-electron chi connectivity index (χ3n) is 3.58. The molecule has 5 heteroatoms. The van der Waals surface area contributed by atoms with Gasteiger partial charge in [-0.05, 0) is 50.8 Å². The molecular weight excluding hydrogens is 274 g/mol. The monoisotopic (exact) mass is 293 g/mol. The van der Waals surface area contributed by atoms with Crippen molar-refractivity contribution in [2.45, 2.75) is 38.6 Å². The summed E-state index contributed by atoms with van der Waals surface area (Å²) in [5.74, 6) is -1.06. The summed E-state index contributed by atoms with van der Waals surface area (Å²) in [4.78, 5) is 24.9. The molecule has 0 atom stereocenters. The number of aryl methyl sites for hydroxylation is 1. The smallest absolute Gasteiger partial charge is 0.306 e. The zero-order valence-electron chi connectivity index (χ0n) is 11.5. The van der Waals surface area contributed by atoms with Crippen molar-refractivity contribution in [2.75, 3.05) is 0 Å². The summed E-state index contributed by atoms with van der Waals surface area (Å²) in [6, 6.07) is 4.12. The van der Waals surface area contributed by atoms with Gasteiger partial charge in [0.05, 0.1) is 5.92 Å². The first-order chi connectivity index (χ1) is 9.54. The molecule has 108 valence electrons. The molecule has 4 nitrogen and oxygen atoms in total. The van der Waals surface area contributed by atoms with Crippen LogP contribution in [0, 0.1) is 12.8 Å². The lowest BCUT2D eigenvalue weighted by atomic mass is 9.86. The lowest BCUT2D eigenvalue weighted by Gasteiger charge is -2.26. The third-order valence-corrected chi connectivity index (χ3v) is 4.55. The molecule has 0 spiro atoms. The Hall–Kier alpha value is -1.62. The number of nitrogens with one attached hydrogen (secondary N) is 1. The molecular formula is C15H19NO3S. The van der Waals surface area contributed by atoms with Gasteiger partial charge in [0.2, 0.25) is 5.91 Å². The van der Waals surface area contributed by atoms with E-state index in [4.69, 9.17) is 5.11 Å². The topological polar surface area (TPSA) is 66.4 Å². The summed E-state index contributed by atoms with van der Waals surface area (Å²) in [5, 5.41) is 11.9. The highest BCUT2D eigenvalue weighted by molar-refractivity contribution is 7.12. The highest BCUT2D eigenvalue weighted by Crippen LogP contribution is 2.24. The van der Waals surface area contributed by atoms with Gasteiger partial charge < -0.3 is 10.4 Å². The van der Waals surface area contributed by atoms with E-state index >= 15 is 0 Å². The van der Waals surface area contributed by atoms with Crippen LogP contribution < -0.4 is 5.32 Å². The van der Waals surface area contributed by atoms with Gasteiger partial charge in [0.15, 0.2) is 0 Å². The van der Waals surface area contributed by atoms with Crippen LogP contribution in [-0.2, 0) is 9.59 Å². The van der Waals surface area contributed by atoms with Crippen LogP contribution in [0.2, 0.25) is 0 Å². The Labute approximate surface area is 122 Å². The minimum atomic E-state index is -0.720. The SMILES string of the molecule is Cc1ccc(/C=C/C(=O)NC2CCC(C(=O)O)CC2)s1. The first kappa shape index (κ1) is 14.8. The molecule has 0 aliphatic heterocycles. The molecule has 0 bridgehead atoms. The predicted molar refractivity (Wildman–Crippen MR) is 79.6 cm³/mol. The number of hydrogen-bond acceptors (Lipinski definition) is 3. The van der Waals surface area contributed by atoms with Crippen LogP contribution in [0.1, 0.15) is 35.4 Å². The molecule has 1 aliphatic rings. The number of thiophene rings is 1. The quantitative estimate of drug-likeness (QED) is 0.839. The van der Waals surface area contributed by atoms with Crippen LogP contribution in [-0.4, -0.2) is 23.0 Å². The standard InChI is InChI=1S/C15H19NO3S/c1-10-2-7-13(20-10)8-9-14(17)16-12-5-3-11(4-6-12)15(18)19/h2,7-9,11-12H,3-6H2,1H3,(H,16,17)(H,18,19)/b9-8+. The minimum absolute atomic E-state index is 0.102. The molecule has 1 saturated carbocycles. The molecule has 2 N–H and O–H groups in total. The maximum atomic E-state index is 11.8. The Balaban J connectivity index is 1.78. The second kappa shape index (κ2) is 6.70. The summed E-state index contributed by atoms with van der Waals surface area (Å²) in [6.45, 7) is 2.03. The van der Waals surface area contributed by atoms with Crippen LogP contribution in [0.4, 0.5) is 0 Å². The lowest BCUT2D eigenvalue weighted by Crippen LogP contribution is -2.37. The van der Waals surface area contributed by atoms with Crippen molar-refractivity contribution in [3.63, 3.8) is 0 Å². The van der Waals surface area contributed by atoms with Gasteiger partial charge in [0, 0.05) is 21.9 Å². The third kappa shape index (κ3) is 4.20. The fourth-order valence-electron chi connectivity index (χ4n) is 2.43. The van der Waals surface area contributed by atoms with Gasteiger partial charge in [-0.15, -0.1) is 11.3 Å². The van der Waals surface area contributed by atoms with E-state index in [0.717, 1.165) is 17.7 Å². The Kier molecular flexibility index (Phi) is 4.95. The second-order valence-corrected chi connectivity index (χ2v) is 6.50. The fourth-order valence-corrected chi connectivity index (χ4v) is 3.21. The van der Waals surface area contributed by atoms with E-state index in [2.05, 4.69) is 5.32 Å². The summed E-state index contributed by atoms with van der Waals surface area (Å²) in [5.41, 5.74) is 0. The Morgan fingerprint density at radius 1 is 1.30 bits per heavy atom. The number of hydrogen-bond donors (Lipinski definition) is 2. The molecule has 0 unspecified atom stereocenters. The molecule has 1 aromatic heterocycles. The first-order valence-electron chi connectivity index (χ1n) is 6.82. The van der Waals surface area contributed by atoms with E-state index in [1.807, 2.05) is 25.1 Å². The van der Waals surface area contributed by atoms with Crippen molar-refractivity contribution in [3.8, 4) is 0 Å². The van der Waals surface area contributed by atoms with E-state index in [1.165, 1.54) is 4.88 Å². The average molecular weight is 293 g/mol. The zero-order valence-corrected chi connectivity index (χ0v) is 12.3. The van der Waals surface area contributed by atoms with E-state index < -0.39 is 5.97 Å². The van der Waals surface area contributed by atoms with E-state index in [0.29, 0.717) is 12.8 Å². The van der Waals surface area contributed by atoms with Crippen LogP contribution in [0.3, 0.4) is 0 Å². The Bertz CT molecular complexity index is 513. The lowest BCUT2D eigenvalue weighted by molar-refractivity contribution is -0.142. The number of carbonyl (C=O) groups is 2. The molecule has 2 rings (SSSR count). The molecule has 1 aliphatic carbocycles. The summed E-state index contributed by atoms with van der Waals surface area (Å²) < 4.78 is 0. The molecule has 20 heavy (non-hydrogen) atoms. The van der Waals surface area contributed by atoms with Gasteiger partial charge in [-0.2, -0.15) is 0 Å². The summed E-state index contributed by atoms with van der Waals surface area (Å²) in [6.07, 6.45) is 6.15. The van der Waals surface area contributed by atoms with Gasteiger partial charge in [-0.1, -0.05) is 0 Å². The Morgan fingerprint density at radius 2 is 2.00 bits per heavy atom. The average Bonchev–Trinajstić information content (AvgIpc) is 2.83. The van der Waals surface area contributed by atoms with E-state index in [1.54, 1.807) is 17.4 Å². The second-order valence-electron chi connectivity index (χ2n) is 5.18. The molecule has 1 heterocycles. The number of carbonyl (C=O) groups excluding carboxylic acids is 1. The van der Waals surface area contributed by atoms with Crippen LogP contribution in [0.15, 0.2) is 18.2 Å². The number of carboxylic acid groups (broad SMARTS) is 1. The van der Waals surface area contributed by atoms with Crippen molar-refractivity contribution in [1.82, 2.24) is 5.32 Å². The van der Waals surface area contributed by atoms with Gasteiger partial charge in [0.25, 0.3) is 0 Å². The molecule has 0 saturated heterocycles. The maximum absolute atomic E-state index is 11.8. The van der Waals surface area contributed by atoms with Crippen molar-refractivity contribution < 1.29 is 14.7 Å². The number of aliphatic carboxylic acids is 1. The van der Waals surface area contributed by atoms with Crippen molar-refractivity contribution in [2.24, 2.45) is 5.92 Å². The molecule has 0 aromatic carbocycles.